The predicted molar refractivity (Wildman–Crippen MR) is 85.9 cm³/mol. The third-order valence-electron chi connectivity index (χ3n) is 4.41. The zero-order valence-electron chi connectivity index (χ0n) is 12.9. The molecular formula is C18H20N2O3. The molecule has 0 saturated carbocycles. The third-order valence-corrected chi connectivity index (χ3v) is 4.41. The molecular weight excluding hydrogens is 292 g/mol. The number of hydrogen-bond donors (Lipinski definition) is 2. The monoisotopic (exact) mass is 312 g/mol. The van der Waals surface area contributed by atoms with Crippen molar-refractivity contribution in [2.24, 2.45) is 0 Å². The molecule has 2 amide bonds. The van der Waals surface area contributed by atoms with Gasteiger partial charge in [0.15, 0.2) is 0 Å². The van der Waals surface area contributed by atoms with Gasteiger partial charge in [-0.3, -0.25) is 14.8 Å². The number of rotatable bonds is 3. The van der Waals surface area contributed by atoms with E-state index in [1.165, 1.54) is 5.57 Å². The molecule has 5 nitrogen and oxygen atoms in total. The summed E-state index contributed by atoms with van der Waals surface area (Å²) in [7, 11) is 0. The Balaban J connectivity index is 1.68. The maximum Gasteiger partial charge on any atom is 0.274 e. The molecule has 0 atom stereocenters. The summed E-state index contributed by atoms with van der Waals surface area (Å²) in [4.78, 5) is 25.8. The second-order valence-corrected chi connectivity index (χ2v) is 5.96. The minimum atomic E-state index is -0.511. The summed E-state index contributed by atoms with van der Waals surface area (Å²) in [5.41, 5.74) is 5.40. The lowest BCUT2D eigenvalue weighted by Gasteiger charge is -2.29. The van der Waals surface area contributed by atoms with Gasteiger partial charge >= 0.3 is 0 Å². The Morgan fingerprint density at radius 2 is 2.09 bits per heavy atom. The summed E-state index contributed by atoms with van der Waals surface area (Å²) in [5.74, 6) is -0.349. The van der Waals surface area contributed by atoms with Crippen molar-refractivity contribution in [2.75, 3.05) is 6.54 Å². The highest BCUT2D eigenvalue weighted by Gasteiger charge is 2.22. The van der Waals surface area contributed by atoms with Crippen LogP contribution >= 0.6 is 0 Å². The van der Waals surface area contributed by atoms with Crippen molar-refractivity contribution in [2.45, 2.75) is 32.2 Å². The van der Waals surface area contributed by atoms with Gasteiger partial charge in [-0.05, 0) is 42.5 Å². The highest BCUT2D eigenvalue weighted by Crippen LogP contribution is 2.23. The van der Waals surface area contributed by atoms with Gasteiger partial charge in [0.05, 0.1) is 0 Å². The molecule has 120 valence electrons. The number of nitrogens with zero attached hydrogens (tertiary/aromatic N) is 1. The fourth-order valence-electron chi connectivity index (χ4n) is 3.08. The number of carbonyl (C=O) groups is 2. The summed E-state index contributed by atoms with van der Waals surface area (Å²) in [6.45, 7) is 1.25. The van der Waals surface area contributed by atoms with Crippen LogP contribution in [0.3, 0.4) is 0 Å². The second-order valence-electron chi connectivity index (χ2n) is 5.96. The molecule has 23 heavy (non-hydrogen) atoms. The molecule has 1 aromatic carbocycles. The first-order valence-corrected chi connectivity index (χ1v) is 7.86. The highest BCUT2D eigenvalue weighted by molar-refractivity contribution is 5.93. The normalized spacial score (nSPS) is 16.6. The predicted octanol–water partition coefficient (Wildman–Crippen LogP) is 2.36. The van der Waals surface area contributed by atoms with Crippen LogP contribution in [0.4, 0.5) is 0 Å². The van der Waals surface area contributed by atoms with Gasteiger partial charge in [-0.25, -0.2) is 5.48 Å². The molecule has 0 unspecified atom stereocenters. The van der Waals surface area contributed by atoms with Gasteiger partial charge in [0, 0.05) is 25.1 Å². The van der Waals surface area contributed by atoms with Crippen LogP contribution in [0.2, 0.25) is 0 Å². The van der Waals surface area contributed by atoms with Crippen molar-refractivity contribution in [3.63, 3.8) is 0 Å². The average Bonchev–Trinajstić information content (AvgIpc) is 2.61. The van der Waals surface area contributed by atoms with Crippen LogP contribution in [0.5, 0.6) is 0 Å². The largest absolute Gasteiger partial charge is 0.338 e. The highest BCUT2D eigenvalue weighted by atomic mass is 16.5. The van der Waals surface area contributed by atoms with Crippen molar-refractivity contribution in [3.05, 3.63) is 58.7 Å². The standard InChI is InChI=1S/C18H20N2O3/c21-17(10-13-4-2-1-3-5-13)20-9-8-14-11-15(18(22)19-23)6-7-16(14)12-20/h1-2,4,6-7,11,23H,3,5,8-10,12H2,(H,19,22). The van der Waals surface area contributed by atoms with Crippen molar-refractivity contribution in [1.82, 2.24) is 10.4 Å². The summed E-state index contributed by atoms with van der Waals surface area (Å²) in [6, 6.07) is 5.33. The van der Waals surface area contributed by atoms with Gasteiger partial charge < -0.3 is 4.90 Å². The number of nitrogens with one attached hydrogen (secondary N) is 1. The quantitative estimate of drug-likeness (QED) is 0.665. The van der Waals surface area contributed by atoms with E-state index in [9.17, 15) is 9.59 Å². The van der Waals surface area contributed by atoms with Gasteiger partial charge in [-0.2, -0.15) is 0 Å². The van der Waals surface area contributed by atoms with Crippen molar-refractivity contribution >= 4 is 11.8 Å². The Kier molecular flexibility index (Phi) is 4.57. The van der Waals surface area contributed by atoms with Crippen LogP contribution in [0.15, 0.2) is 42.0 Å². The first-order chi connectivity index (χ1) is 11.2. The molecule has 1 aromatic rings. The molecule has 2 aliphatic rings. The van der Waals surface area contributed by atoms with Crippen LogP contribution in [-0.4, -0.2) is 28.5 Å². The lowest BCUT2D eigenvalue weighted by Crippen LogP contribution is -2.36. The zero-order valence-corrected chi connectivity index (χ0v) is 12.9. The van der Waals surface area contributed by atoms with Gasteiger partial charge in [0.25, 0.3) is 5.91 Å². The van der Waals surface area contributed by atoms with Crippen LogP contribution in [0, 0.1) is 0 Å². The molecule has 1 aliphatic carbocycles. The molecule has 1 heterocycles. The topological polar surface area (TPSA) is 69.6 Å². The summed E-state index contributed by atoms with van der Waals surface area (Å²) < 4.78 is 0. The maximum absolute atomic E-state index is 12.5. The van der Waals surface area contributed by atoms with Gasteiger partial charge in [0.2, 0.25) is 5.91 Å². The molecule has 0 radical (unpaired) electrons. The Hall–Kier alpha value is -2.40. The Morgan fingerprint density at radius 1 is 1.22 bits per heavy atom. The number of carbonyl (C=O) groups excluding carboxylic acids is 2. The van der Waals surface area contributed by atoms with Gasteiger partial charge in [-0.15, -0.1) is 0 Å². The van der Waals surface area contributed by atoms with E-state index in [2.05, 4.69) is 6.08 Å². The molecule has 5 heteroatoms. The van der Waals surface area contributed by atoms with Crippen LogP contribution < -0.4 is 5.48 Å². The lowest BCUT2D eigenvalue weighted by molar-refractivity contribution is -0.131. The number of fused-ring (bicyclic) bond motifs is 1. The van der Waals surface area contributed by atoms with Crippen LogP contribution in [0.25, 0.3) is 0 Å². The van der Waals surface area contributed by atoms with E-state index in [0.29, 0.717) is 25.1 Å². The fourth-order valence-corrected chi connectivity index (χ4v) is 3.08. The first kappa shape index (κ1) is 15.5. The van der Waals surface area contributed by atoms with E-state index in [0.717, 1.165) is 30.4 Å². The van der Waals surface area contributed by atoms with Crippen LogP contribution in [-0.2, 0) is 17.8 Å². The van der Waals surface area contributed by atoms with E-state index in [1.54, 1.807) is 17.6 Å². The Bertz CT molecular complexity index is 692. The molecule has 1 aliphatic heterocycles. The fraction of sp³-hybridized carbons (Fsp3) is 0.333. The molecule has 0 saturated heterocycles. The average molecular weight is 312 g/mol. The number of hydrogen-bond acceptors (Lipinski definition) is 3. The van der Waals surface area contributed by atoms with E-state index < -0.39 is 5.91 Å². The zero-order chi connectivity index (χ0) is 16.2. The number of hydroxylamine groups is 1. The Labute approximate surface area is 135 Å². The smallest absolute Gasteiger partial charge is 0.274 e. The molecule has 0 fully saturated rings. The van der Waals surface area contributed by atoms with E-state index in [4.69, 9.17) is 5.21 Å². The minimum Gasteiger partial charge on any atom is -0.338 e. The maximum atomic E-state index is 12.5. The lowest BCUT2D eigenvalue weighted by atomic mass is 9.96. The molecule has 3 rings (SSSR count). The summed E-state index contributed by atoms with van der Waals surface area (Å²) in [5, 5.41) is 8.70. The van der Waals surface area contributed by atoms with E-state index in [1.807, 2.05) is 23.1 Å². The SMILES string of the molecule is O=C(NO)c1ccc2c(c1)CCN(C(=O)CC1=CC=CCC1)C2. The Morgan fingerprint density at radius 3 is 2.83 bits per heavy atom. The molecule has 0 spiro atoms. The second kappa shape index (κ2) is 6.79. The van der Waals surface area contributed by atoms with E-state index in [-0.39, 0.29) is 5.91 Å². The van der Waals surface area contributed by atoms with Crippen LogP contribution in [0.1, 0.15) is 40.7 Å². The van der Waals surface area contributed by atoms with Crippen molar-refractivity contribution in [1.29, 1.82) is 0 Å². The molecule has 0 bridgehead atoms. The first-order valence-electron chi connectivity index (χ1n) is 7.86. The summed E-state index contributed by atoms with van der Waals surface area (Å²) >= 11 is 0. The van der Waals surface area contributed by atoms with E-state index >= 15 is 0 Å². The molecule has 0 aromatic heterocycles. The van der Waals surface area contributed by atoms with Crippen molar-refractivity contribution in [3.8, 4) is 0 Å². The number of benzene rings is 1. The van der Waals surface area contributed by atoms with Crippen molar-refractivity contribution < 1.29 is 14.8 Å². The number of amides is 2. The van der Waals surface area contributed by atoms with Gasteiger partial charge in [-0.1, -0.05) is 29.9 Å². The summed E-state index contributed by atoms with van der Waals surface area (Å²) in [6.07, 6.45) is 9.37. The number of allylic oxidation sites excluding steroid dienone is 3. The third kappa shape index (κ3) is 3.51. The minimum absolute atomic E-state index is 0.161. The van der Waals surface area contributed by atoms with Gasteiger partial charge in [0.1, 0.15) is 0 Å². The molecule has 2 N–H and O–H groups in total.